The summed E-state index contributed by atoms with van der Waals surface area (Å²) in [7, 11) is 7.01. The normalized spacial score (nSPS) is 17.1. The zero-order valence-corrected chi connectivity index (χ0v) is 21.3. The van der Waals surface area contributed by atoms with E-state index in [2.05, 4.69) is 20.6 Å². The average molecular weight is 528 g/mol. The molecule has 3 N–H and O–H groups in total. The summed E-state index contributed by atoms with van der Waals surface area (Å²) in [5, 5.41) is 13.8. The standard InChI is InChI=1S/C22H31N5O3.C2HF3O2/c1-14-13-23-22(27(2)3)26-20(14)24-16-6-8-17(9-7-16)25-21(28)15-10-18(29-4)12-19(11-15)30-5;3-2(4,5)1(6)7/h10-13,16-17H,6-9H2,1-5H3,(H,25,28)(H,23,24,26);(H,6,7). The number of hydrogen-bond donors (Lipinski definition) is 3. The largest absolute Gasteiger partial charge is 0.497 e. The van der Waals surface area contributed by atoms with Gasteiger partial charge in [-0.3, -0.25) is 4.79 Å². The fraction of sp³-hybridized carbons (Fsp3) is 0.500. The number of anilines is 2. The molecule has 10 nitrogen and oxygen atoms in total. The van der Waals surface area contributed by atoms with Crippen LogP contribution in [0.3, 0.4) is 0 Å². The number of carboxylic acid groups (broad SMARTS) is 1. The van der Waals surface area contributed by atoms with Crippen molar-refractivity contribution in [2.24, 2.45) is 0 Å². The van der Waals surface area contributed by atoms with Gasteiger partial charge in [-0.2, -0.15) is 18.2 Å². The Balaban J connectivity index is 0.000000604. The summed E-state index contributed by atoms with van der Waals surface area (Å²) in [5.41, 5.74) is 1.57. The molecule has 0 aliphatic heterocycles. The molecule has 1 aliphatic rings. The number of alkyl halides is 3. The van der Waals surface area contributed by atoms with E-state index in [1.54, 1.807) is 32.4 Å². The first-order valence-corrected chi connectivity index (χ1v) is 11.5. The molecular weight excluding hydrogens is 495 g/mol. The van der Waals surface area contributed by atoms with Gasteiger partial charge in [0.05, 0.1) is 14.2 Å². The smallest absolute Gasteiger partial charge is 0.490 e. The highest BCUT2D eigenvalue weighted by Gasteiger charge is 2.38. The molecule has 1 aromatic heterocycles. The van der Waals surface area contributed by atoms with Crippen LogP contribution in [0.4, 0.5) is 24.9 Å². The minimum Gasteiger partial charge on any atom is -0.497 e. The van der Waals surface area contributed by atoms with Gasteiger partial charge in [-0.05, 0) is 44.7 Å². The third kappa shape index (κ3) is 8.99. The lowest BCUT2D eigenvalue weighted by Gasteiger charge is -2.30. The molecule has 0 atom stereocenters. The van der Waals surface area contributed by atoms with Crippen LogP contribution < -0.4 is 25.0 Å². The molecule has 0 radical (unpaired) electrons. The predicted molar refractivity (Wildman–Crippen MR) is 131 cm³/mol. The van der Waals surface area contributed by atoms with Crippen LogP contribution in [-0.2, 0) is 4.79 Å². The SMILES string of the molecule is COc1cc(OC)cc(C(=O)NC2CCC(Nc3nc(N(C)C)ncc3C)CC2)c1.O=C(O)C(F)(F)F. The topological polar surface area (TPSA) is 126 Å². The Morgan fingerprint density at radius 3 is 2.00 bits per heavy atom. The van der Waals surface area contributed by atoms with E-state index in [9.17, 15) is 18.0 Å². The lowest BCUT2D eigenvalue weighted by Crippen LogP contribution is -2.40. The summed E-state index contributed by atoms with van der Waals surface area (Å²) in [6.45, 7) is 2.01. The number of carbonyl (C=O) groups excluding carboxylic acids is 1. The Morgan fingerprint density at radius 2 is 1.54 bits per heavy atom. The maximum atomic E-state index is 12.7. The van der Waals surface area contributed by atoms with Crippen molar-refractivity contribution in [2.75, 3.05) is 38.5 Å². The van der Waals surface area contributed by atoms with Gasteiger partial charge in [-0.15, -0.1) is 0 Å². The molecule has 1 saturated carbocycles. The highest BCUT2D eigenvalue weighted by molar-refractivity contribution is 5.95. The molecule has 1 aliphatic carbocycles. The Hall–Kier alpha value is -3.77. The van der Waals surface area contributed by atoms with Crippen LogP contribution >= 0.6 is 0 Å². The third-order valence-electron chi connectivity index (χ3n) is 5.62. The van der Waals surface area contributed by atoms with Gasteiger partial charge in [0.15, 0.2) is 0 Å². The van der Waals surface area contributed by atoms with Gasteiger partial charge in [0.25, 0.3) is 5.91 Å². The number of amides is 1. The lowest BCUT2D eigenvalue weighted by atomic mass is 9.91. The van der Waals surface area contributed by atoms with Crippen molar-refractivity contribution >= 4 is 23.6 Å². The van der Waals surface area contributed by atoms with E-state index >= 15 is 0 Å². The number of benzene rings is 1. The minimum absolute atomic E-state index is 0.106. The number of methoxy groups -OCH3 is 2. The van der Waals surface area contributed by atoms with E-state index in [-0.39, 0.29) is 11.9 Å². The van der Waals surface area contributed by atoms with Gasteiger partial charge < -0.3 is 30.1 Å². The Morgan fingerprint density at radius 1 is 1.03 bits per heavy atom. The van der Waals surface area contributed by atoms with Crippen LogP contribution in [0.1, 0.15) is 41.6 Å². The zero-order valence-electron chi connectivity index (χ0n) is 21.3. The summed E-state index contributed by atoms with van der Waals surface area (Å²) in [4.78, 5) is 32.5. The molecule has 204 valence electrons. The molecule has 1 fully saturated rings. The van der Waals surface area contributed by atoms with Gasteiger partial charge in [0.2, 0.25) is 5.95 Å². The zero-order chi connectivity index (χ0) is 27.8. The first kappa shape index (κ1) is 29.5. The fourth-order valence-corrected chi connectivity index (χ4v) is 3.58. The predicted octanol–water partition coefficient (Wildman–Crippen LogP) is 3.65. The molecule has 0 unspecified atom stereocenters. The molecule has 0 bridgehead atoms. The number of rotatable bonds is 7. The number of carboxylic acids is 1. The monoisotopic (exact) mass is 527 g/mol. The number of carbonyl (C=O) groups is 2. The van der Waals surface area contributed by atoms with Crippen molar-refractivity contribution in [1.29, 1.82) is 0 Å². The summed E-state index contributed by atoms with van der Waals surface area (Å²) >= 11 is 0. The Bertz CT molecular complexity index is 1050. The molecule has 2 aromatic rings. The van der Waals surface area contributed by atoms with Crippen molar-refractivity contribution in [3.63, 3.8) is 0 Å². The van der Waals surface area contributed by atoms with E-state index in [0.717, 1.165) is 37.1 Å². The third-order valence-corrected chi connectivity index (χ3v) is 5.62. The first-order valence-electron chi connectivity index (χ1n) is 11.5. The van der Waals surface area contributed by atoms with E-state index in [1.165, 1.54) is 0 Å². The second-order valence-electron chi connectivity index (χ2n) is 8.67. The van der Waals surface area contributed by atoms with Crippen molar-refractivity contribution in [3.05, 3.63) is 35.5 Å². The number of nitrogens with one attached hydrogen (secondary N) is 2. The second-order valence-corrected chi connectivity index (χ2v) is 8.67. The summed E-state index contributed by atoms with van der Waals surface area (Å²) in [6, 6.07) is 5.69. The van der Waals surface area contributed by atoms with Crippen LogP contribution in [0.15, 0.2) is 24.4 Å². The number of nitrogens with zero attached hydrogens (tertiary/aromatic N) is 3. The maximum absolute atomic E-state index is 12.7. The molecule has 1 aromatic carbocycles. The van der Waals surface area contributed by atoms with Gasteiger partial charge in [-0.1, -0.05) is 0 Å². The van der Waals surface area contributed by atoms with Crippen LogP contribution in [0.25, 0.3) is 0 Å². The van der Waals surface area contributed by atoms with E-state index in [0.29, 0.717) is 29.1 Å². The van der Waals surface area contributed by atoms with Gasteiger partial charge in [0.1, 0.15) is 17.3 Å². The van der Waals surface area contributed by atoms with Gasteiger partial charge >= 0.3 is 12.1 Å². The Kier molecular flexibility index (Phi) is 10.3. The molecular formula is C24H32F3N5O5. The lowest BCUT2D eigenvalue weighted by molar-refractivity contribution is -0.192. The molecule has 13 heteroatoms. The summed E-state index contributed by atoms with van der Waals surface area (Å²) < 4.78 is 42.3. The molecule has 1 amide bonds. The highest BCUT2D eigenvalue weighted by Crippen LogP contribution is 2.26. The van der Waals surface area contributed by atoms with Crippen molar-refractivity contribution in [1.82, 2.24) is 15.3 Å². The van der Waals surface area contributed by atoms with Gasteiger partial charge in [0, 0.05) is 49.6 Å². The average Bonchev–Trinajstić information content (AvgIpc) is 2.85. The Labute approximate surface area is 213 Å². The number of halogens is 3. The number of aromatic nitrogens is 2. The van der Waals surface area contributed by atoms with E-state index in [1.807, 2.05) is 32.1 Å². The molecule has 0 spiro atoms. The quantitative estimate of drug-likeness (QED) is 0.495. The van der Waals surface area contributed by atoms with Crippen LogP contribution in [0.2, 0.25) is 0 Å². The summed E-state index contributed by atoms with van der Waals surface area (Å²) in [5.74, 6) is -0.0877. The van der Waals surface area contributed by atoms with E-state index in [4.69, 9.17) is 19.4 Å². The first-order chi connectivity index (χ1) is 17.3. The number of aliphatic carboxylic acids is 1. The number of hydrogen-bond acceptors (Lipinski definition) is 8. The minimum atomic E-state index is -5.08. The van der Waals surface area contributed by atoms with Crippen LogP contribution in [0, 0.1) is 6.92 Å². The maximum Gasteiger partial charge on any atom is 0.490 e. The molecule has 3 rings (SSSR count). The number of ether oxygens (including phenoxy) is 2. The summed E-state index contributed by atoms with van der Waals surface area (Å²) in [6.07, 6.45) is 0.517. The van der Waals surface area contributed by atoms with Crippen molar-refractivity contribution in [3.8, 4) is 11.5 Å². The molecule has 37 heavy (non-hydrogen) atoms. The number of aryl methyl sites for hydroxylation is 1. The van der Waals surface area contributed by atoms with Crippen LogP contribution in [0.5, 0.6) is 11.5 Å². The van der Waals surface area contributed by atoms with Crippen LogP contribution in [-0.4, -0.2) is 73.5 Å². The van der Waals surface area contributed by atoms with Crippen molar-refractivity contribution in [2.45, 2.75) is 50.9 Å². The van der Waals surface area contributed by atoms with Crippen molar-refractivity contribution < 1.29 is 37.3 Å². The fourth-order valence-electron chi connectivity index (χ4n) is 3.58. The van der Waals surface area contributed by atoms with Gasteiger partial charge in [-0.25, -0.2) is 9.78 Å². The highest BCUT2D eigenvalue weighted by atomic mass is 19.4. The second kappa shape index (κ2) is 13.0. The van der Waals surface area contributed by atoms with E-state index < -0.39 is 12.1 Å². The molecule has 0 saturated heterocycles. The molecule has 1 heterocycles.